The zero-order chi connectivity index (χ0) is 11.1. The summed E-state index contributed by atoms with van der Waals surface area (Å²) in [5.74, 6) is 2.27. The maximum atomic E-state index is 5.96. The van der Waals surface area contributed by atoms with Crippen molar-refractivity contribution in [2.45, 2.75) is 25.5 Å². The minimum atomic E-state index is 0.806. The normalized spacial score (nSPS) is 10.6. The summed E-state index contributed by atoms with van der Waals surface area (Å²) < 4.78 is 0. The molecule has 3 heteroatoms. The van der Waals surface area contributed by atoms with Crippen molar-refractivity contribution in [2.75, 3.05) is 12.3 Å². The second-order valence-corrected chi connectivity index (χ2v) is 5.14. The minimum Gasteiger partial charge on any atom is -0.330 e. The van der Waals surface area contributed by atoms with Gasteiger partial charge in [-0.25, -0.2) is 0 Å². The molecule has 0 unspecified atom stereocenters. The topological polar surface area (TPSA) is 26.0 Å². The number of halogens is 1. The van der Waals surface area contributed by atoms with E-state index in [1.807, 2.05) is 24.8 Å². The average Bonchev–Trinajstić information content (AvgIpc) is 2.23. The lowest BCUT2D eigenvalue weighted by atomic mass is 10.2. The van der Waals surface area contributed by atoms with E-state index in [1.165, 1.54) is 17.7 Å². The Hall–Kier alpha value is -0.180. The van der Waals surface area contributed by atoms with Crippen LogP contribution in [0.4, 0.5) is 0 Å². The van der Waals surface area contributed by atoms with Gasteiger partial charge >= 0.3 is 0 Å². The van der Waals surface area contributed by atoms with Crippen molar-refractivity contribution in [3.05, 3.63) is 34.3 Å². The molecule has 0 aliphatic rings. The predicted molar refractivity (Wildman–Crippen MR) is 70.6 cm³/mol. The second kappa shape index (κ2) is 7.15. The number of aryl methyl sites for hydroxylation is 1. The zero-order valence-corrected chi connectivity index (χ0v) is 10.7. The highest BCUT2D eigenvalue weighted by atomic mass is 35.5. The highest BCUT2D eigenvalue weighted by Crippen LogP contribution is 2.20. The standard InChI is InChI=1S/C12H18ClNS/c1-10-8-11(4-5-12(10)13)9-15-7-3-2-6-14/h4-5,8H,2-3,6-7,9,14H2,1H3. The van der Waals surface area contributed by atoms with Gasteiger partial charge in [-0.2, -0.15) is 11.8 Å². The summed E-state index contributed by atoms with van der Waals surface area (Å²) in [5, 5.41) is 0.854. The lowest BCUT2D eigenvalue weighted by molar-refractivity contribution is 0.814. The fraction of sp³-hybridized carbons (Fsp3) is 0.500. The predicted octanol–water partition coefficient (Wildman–Crippen LogP) is 3.62. The highest BCUT2D eigenvalue weighted by molar-refractivity contribution is 7.98. The van der Waals surface area contributed by atoms with Crippen molar-refractivity contribution in [1.29, 1.82) is 0 Å². The molecule has 0 saturated heterocycles. The van der Waals surface area contributed by atoms with Crippen molar-refractivity contribution < 1.29 is 0 Å². The number of nitrogens with two attached hydrogens (primary N) is 1. The third kappa shape index (κ3) is 4.92. The summed E-state index contributed by atoms with van der Waals surface area (Å²) in [5.41, 5.74) is 7.95. The van der Waals surface area contributed by atoms with Gasteiger partial charge in [0.25, 0.3) is 0 Å². The first-order valence-electron chi connectivity index (χ1n) is 5.27. The first kappa shape index (κ1) is 12.9. The SMILES string of the molecule is Cc1cc(CSCCCCN)ccc1Cl. The molecule has 0 aromatic heterocycles. The highest BCUT2D eigenvalue weighted by Gasteiger charge is 1.98. The largest absolute Gasteiger partial charge is 0.330 e. The molecule has 0 spiro atoms. The van der Waals surface area contributed by atoms with Crippen LogP contribution in [0.5, 0.6) is 0 Å². The summed E-state index contributed by atoms with van der Waals surface area (Å²) >= 11 is 7.92. The summed E-state index contributed by atoms with van der Waals surface area (Å²) in [6, 6.07) is 6.25. The molecule has 0 fully saturated rings. The maximum Gasteiger partial charge on any atom is 0.0435 e. The molecule has 1 aromatic carbocycles. The van der Waals surface area contributed by atoms with Gasteiger partial charge in [0.1, 0.15) is 0 Å². The molecule has 0 radical (unpaired) electrons. The smallest absolute Gasteiger partial charge is 0.0435 e. The van der Waals surface area contributed by atoms with Gasteiger partial charge in [-0.1, -0.05) is 23.7 Å². The van der Waals surface area contributed by atoms with Gasteiger partial charge in [0.15, 0.2) is 0 Å². The molecule has 15 heavy (non-hydrogen) atoms. The second-order valence-electron chi connectivity index (χ2n) is 3.63. The van der Waals surface area contributed by atoms with Crippen molar-refractivity contribution in [1.82, 2.24) is 0 Å². The quantitative estimate of drug-likeness (QED) is 0.773. The molecule has 1 rings (SSSR count). The van der Waals surface area contributed by atoms with E-state index in [4.69, 9.17) is 17.3 Å². The Morgan fingerprint density at radius 2 is 2.13 bits per heavy atom. The maximum absolute atomic E-state index is 5.96. The first-order valence-corrected chi connectivity index (χ1v) is 6.80. The summed E-state index contributed by atoms with van der Waals surface area (Å²) in [4.78, 5) is 0. The van der Waals surface area contributed by atoms with Crippen LogP contribution < -0.4 is 5.73 Å². The Morgan fingerprint density at radius 1 is 1.33 bits per heavy atom. The number of benzene rings is 1. The minimum absolute atomic E-state index is 0.806. The molecule has 0 aliphatic heterocycles. The third-order valence-corrected chi connectivity index (χ3v) is 3.77. The van der Waals surface area contributed by atoms with E-state index in [2.05, 4.69) is 12.1 Å². The van der Waals surface area contributed by atoms with Crippen molar-refractivity contribution in [2.24, 2.45) is 5.73 Å². The molecule has 0 heterocycles. The van der Waals surface area contributed by atoms with E-state index in [0.717, 1.165) is 29.3 Å². The van der Waals surface area contributed by atoms with Gasteiger partial charge < -0.3 is 5.73 Å². The van der Waals surface area contributed by atoms with Crippen molar-refractivity contribution >= 4 is 23.4 Å². The van der Waals surface area contributed by atoms with E-state index in [0.29, 0.717) is 0 Å². The Labute approximate surface area is 101 Å². The van der Waals surface area contributed by atoms with Crippen LogP contribution >= 0.6 is 23.4 Å². The fourth-order valence-corrected chi connectivity index (χ4v) is 2.42. The molecule has 0 saturated carbocycles. The van der Waals surface area contributed by atoms with Crippen LogP contribution in [0.15, 0.2) is 18.2 Å². The van der Waals surface area contributed by atoms with E-state index in [-0.39, 0.29) is 0 Å². The first-order chi connectivity index (χ1) is 7.24. The zero-order valence-electron chi connectivity index (χ0n) is 9.13. The molecule has 84 valence electrons. The molecular formula is C12H18ClNS. The molecule has 1 nitrogen and oxygen atoms in total. The van der Waals surface area contributed by atoms with Gasteiger partial charge in [-0.15, -0.1) is 0 Å². The number of hydrogen-bond donors (Lipinski definition) is 1. The summed E-state index contributed by atoms with van der Waals surface area (Å²) in [7, 11) is 0. The molecule has 1 aromatic rings. The number of unbranched alkanes of at least 4 members (excludes halogenated alkanes) is 1. The molecular weight excluding hydrogens is 226 g/mol. The summed E-state index contributed by atoms with van der Waals surface area (Å²) in [6.07, 6.45) is 2.35. The van der Waals surface area contributed by atoms with Crippen LogP contribution in [0.1, 0.15) is 24.0 Å². The van der Waals surface area contributed by atoms with Crippen LogP contribution in [0.25, 0.3) is 0 Å². The van der Waals surface area contributed by atoms with Crippen LogP contribution in [-0.2, 0) is 5.75 Å². The van der Waals surface area contributed by atoms with E-state index >= 15 is 0 Å². The lowest BCUT2D eigenvalue weighted by Gasteiger charge is -2.04. The average molecular weight is 244 g/mol. The van der Waals surface area contributed by atoms with Crippen molar-refractivity contribution in [3.8, 4) is 0 Å². The van der Waals surface area contributed by atoms with Gasteiger partial charge in [-0.3, -0.25) is 0 Å². The van der Waals surface area contributed by atoms with Gasteiger partial charge in [-0.05, 0) is 49.3 Å². The Bertz CT molecular complexity index is 302. The van der Waals surface area contributed by atoms with E-state index in [1.54, 1.807) is 0 Å². The Morgan fingerprint density at radius 3 is 2.80 bits per heavy atom. The molecule has 0 atom stereocenters. The lowest BCUT2D eigenvalue weighted by Crippen LogP contribution is -1.98. The van der Waals surface area contributed by atoms with Crippen LogP contribution in [0.3, 0.4) is 0 Å². The molecule has 2 N–H and O–H groups in total. The third-order valence-electron chi connectivity index (χ3n) is 2.23. The van der Waals surface area contributed by atoms with Gasteiger partial charge in [0, 0.05) is 10.8 Å². The van der Waals surface area contributed by atoms with Gasteiger partial charge in [0.05, 0.1) is 0 Å². The monoisotopic (exact) mass is 243 g/mol. The van der Waals surface area contributed by atoms with Crippen LogP contribution in [0, 0.1) is 6.92 Å². The van der Waals surface area contributed by atoms with E-state index in [9.17, 15) is 0 Å². The Kier molecular flexibility index (Phi) is 6.15. The number of thioether (sulfide) groups is 1. The van der Waals surface area contributed by atoms with Gasteiger partial charge in [0.2, 0.25) is 0 Å². The summed E-state index contributed by atoms with van der Waals surface area (Å²) in [6.45, 7) is 2.85. The number of hydrogen-bond acceptors (Lipinski definition) is 2. The molecule has 0 aliphatic carbocycles. The molecule has 0 amide bonds. The molecule has 0 bridgehead atoms. The van der Waals surface area contributed by atoms with Crippen LogP contribution in [0.2, 0.25) is 5.02 Å². The van der Waals surface area contributed by atoms with E-state index < -0.39 is 0 Å². The van der Waals surface area contributed by atoms with Crippen molar-refractivity contribution in [3.63, 3.8) is 0 Å². The Balaban J connectivity index is 2.28. The number of rotatable bonds is 6. The fourth-order valence-electron chi connectivity index (χ4n) is 1.34. The van der Waals surface area contributed by atoms with Crippen LogP contribution in [-0.4, -0.2) is 12.3 Å².